The number of rotatable bonds is 7. The highest BCUT2D eigenvalue weighted by atomic mass is 19.4. The number of aliphatic hydroxyl groups excluding tert-OH is 1. The molecule has 0 fully saturated rings. The molecule has 102 valence electrons. The van der Waals surface area contributed by atoms with E-state index in [-0.39, 0.29) is 13.2 Å². The van der Waals surface area contributed by atoms with Crippen LogP contribution in [0.2, 0.25) is 0 Å². The van der Waals surface area contributed by atoms with Gasteiger partial charge in [0.05, 0.1) is 0 Å². The minimum Gasteiger partial charge on any atom is -0.386 e. The van der Waals surface area contributed by atoms with Crippen LogP contribution in [0, 0.1) is 0 Å². The van der Waals surface area contributed by atoms with Crippen LogP contribution >= 0.6 is 0 Å². The summed E-state index contributed by atoms with van der Waals surface area (Å²) >= 11 is 0. The molecule has 5 nitrogen and oxygen atoms in total. The molecule has 8 heteroatoms. The molecule has 0 aliphatic rings. The summed E-state index contributed by atoms with van der Waals surface area (Å²) in [5.41, 5.74) is 0. The Morgan fingerprint density at radius 3 is 2.12 bits per heavy atom. The number of amides is 1. The molecule has 0 rings (SSSR count). The van der Waals surface area contributed by atoms with Crippen molar-refractivity contribution in [1.82, 2.24) is 5.32 Å². The van der Waals surface area contributed by atoms with Gasteiger partial charge in [-0.25, -0.2) is 0 Å². The number of hydrogen-bond acceptors (Lipinski definition) is 4. The first-order valence-electron chi connectivity index (χ1n) is 5.09. The molecule has 0 aromatic rings. The molecule has 1 amide bonds. The van der Waals surface area contributed by atoms with E-state index in [1.807, 2.05) is 0 Å². The van der Waals surface area contributed by atoms with Gasteiger partial charge in [-0.3, -0.25) is 4.79 Å². The normalized spacial score (nSPS) is 13.8. The molecule has 0 saturated carbocycles. The van der Waals surface area contributed by atoms with Gasteiger partial charge in [-0.05, 0) is 13.8 Å². The molecule has 0 aliphatic heterocycles. The molecule has 0 radical (unpaired) electrons. The second-order valence-corrected chi connectivity index (χ2v) is 3.05. The Hall–Kier alpha value is -0.860. The van der Waals surface area contributed by atoms with Gasteiger partial charge < -0.3 is 19.9 Å². The molecule has 0 aromatic carbocycles. The number of aliphatic hydroxyl groups is 1. The average Bonchev–Trinajstić information content (AvgIpc) is 2.23. The fourth-order valence-electron chi connectivity index (χ4n) is 0.993. The number of halogens is 3. The molecule has 2 N–H and O–H groups in total. The molecule has 0 saturated heterocycles. The van der Waals surface area contributed by atoms with E-state index in [9.17, 15) is 23.1 Å². The van der Waals surface area contributed by atoms with Gasteiger partial charge in [0.15, 0.2) is 6.29 Å². The zero-order chi connectivity index (χ0) is 13.5. The summed E-state index contributed by atoms with van der Waals surface area (Å²) in [5.74, 6) is -2.11. The van der Waals surface area contributed by atoms with Crippen LogP contribution in [0.1, 0.15) is 13.8 Å². The summed E-state index contributed by atoms with van der Waals surface area (Å²) in [6.45, 7) is 3.16. The van der Waals surface area contributed by atoms with Crippen molar-refractivity contribution in [3.63, 3.8) is 0 Å². The van der Waals surface area contributed by atoms with Gasteiger partial charge in [0.2, 0.25) is 0 Å². The minimum atomic E-state index is -4.97. The monoisotopic (exact) mass is 259 g/mol. The zero-order valence-electron chi connectivity index (χ0n) is 9.58. The molecule has 0 aromatic heterocycles. The highest BCUT2D eigenvalue weighted by molar-refractivity contribution is 5.81. The smallest absolute Gasteiger partial charge is 0.386 e. The van der Waals surface area contributed by atoms with Crippen molar-refractivity contribution in [1.29, 1.82) is 0 Å². The lowest BCUT2D eigenvalue weighted by Gasteiger charge is -2.22. The van der Waals surface area contributed by atoms with Crippen molar-refractivity contribution in [3.05, 3.63) is 0 Å². The predicted molar refractivity (Wildman–Crippen MR) is 52.1 cm³/mol. The minimum absolute atomic E-state index is 0.231. The van der Waals surface area contributed by atoms with Crippen molar-refractivity contribution >= 4 is 5.91 Å². The van der Waals surface area contributed by atoms with Crippen LogP contribution in [-0.4, -0.2) is 49.3 Å². The zero-order valence-corrected chi connectivity index (χ0v) is 9.58. The van der Waals surface area contributed by atoms with Crippen molar-refractivity contribution in [2.75, 3.05) is 19.8 Å². The number of nitrogens with one attached hydrogen (secondary N) is 1. The lowest BCUT2D eigenvalue weighted by atomic mass is 10.3. The van der Waals surface area contributed by atoms with Gasteiger partial charge in [-0.1, -0.05) is 0 Å². The second-order valence-electron chi connectivity index (χ2n) is 3.05. The first-order valence-corrected chi connectivity index (χ1v) is 5.09. The maximum atomic E-state index is 11.8. The van der Waals surface area contributed by atoms with Gasteiger partial charge in [0.1, 0.15) is 6.10 Å². The van der Waals surface area contributed by atoms with Gasteiger partial charge in [-0.2, -0.15) is 13.2 Å². The molecule has 1 unspecified atom stereocenters. The van der Waals surface area contributed by atoms with Gasteiger partial charge in [0, 0.05) is 19.8 Å². The maximum Gasteiger partial charge on any atom is 0.471 e. The predicted octanol–water partition coefficient (Wildman–Crippen LogP) is 0.425. The van der Waals surface area contributed by atoms with Gasteiger partial charge in [-0.15, -0.1) is 0 Å². The Labute approximate surface area is 96.9 Å². The highest BCUT2D eigenvalue weighted by Gasteiger charge is 2.39. The van der Waals surface area contributed by atoms with E-state index in [0.717, 1.165) is 0 Å². The molecular formula is C9H16F3NO4. The lowest BCUT2D eigenvalue weighted by molar-refractivity contribution is -0.192. The summed E-state index contributed by atoms with van der Waals surface area (Å²) in [4.78, 5) is 10.5. The van der Waals surface area contributed by atoms with E-state index in [4.69, 9.17) is 9.47 Å². The molecule has 0 heterocycles. The largest absolute Gasteiger partial charge is 0.471 e. The van der Waals surface area contributed by atoms with E-state index in [1.165, 1.54) is 0 Å². The summed E-state index contributed by atoms with van der Waals surface area (Å²) in [7, 11) is 0. The average molecular weight is 259 g/mol. The van der Waals surface area contributed by atoms with Crippen LogP contribution in [-0.2, 0) is 14.3 Å². The van der Waals surface area contributed by atoms with Crippen LogP contribution in [0.4, 0.5) is 13.2 Å². The Balaban J connectivity index is 4.13. The van der Waals surface area contributed by atoms with Crippen LogP contribution in [0.3, 0.4) is 0 Å². The van der Waals surface area contributed by atoms with Crippen LogP contribution in [0.5, 0.6) is 0 Å². The van der Waals surface area contributed by atoms with E-state index in [2.05, 4.69) is 0 Å². The third-order valence-corrected chi connectivity index (χ3v) is 1.71. The Bertz CT molecular complexity index is 229. The molecule has 0 aliphatic carbocycles. The third-order valence-electron chi connectivity index (χ3n) is 1.71. The summed E-state index contributed by atoms with van der Waals surface area (Å²) in [6, 6.07) is 0. The van der Waals surface area contributed by atoms with Crippen LogP contribution < -0.4 is 5.32 Å². The SMILES string of the molecule is CCOC(OCC)C(O)CNC(=O)C(F)(F)F. The number of hydrogen-bond donors (Lipinski definition) is 2. The number of carbonyl (C=O) groups is 1. The van der Waals surface area contributed by atoms with E-state index in [1.54, 1.807) is 19.2 Å². The van der Waals surface area contributed by atoms with Crippen molar-refractivity contribution in [2.45, 2.75) is 32.4 Å². The first kappa shape index (κ1) is 16.1. The highest BCUT2D eigenvalue weighted by Crippen LogP contribution is 2.14. The standard InChI is InChI=1S/C9H16F3NO4/c1-3-16-7(17-4-2)6(14)5-13-8(15)9(10,11)12/h6-7,14H,3-5H2,1-2H3,(H,13,15). The molecule has 17 heavy (non-hydrogen) atoms. The summed E-state index contributed by atoms with van der Waals surface area (Å²) in [6.07, 6.45) is -7.38. The maximum absolute atomic E-state index is 11.8. The Morgan fingerprint density at radius 1 is 1.29 bits per heavy atom. The van der Waals surface area contributed by atoms with Gasteiger partial charge in [0.25, 0.3) is 0 Å². The van der Waals surface area contributed by atoms with Crippen LogP contribution in [0.15, 0.2) is 0 Å². The molecule has 0 bridgehead atoms. The van der Waals surface area contributed by atoms with Crippen molar-refractivity contribution in [2.24, 2.45) is 0 Å². The van der Waals surface area contributed by atoms with E-state index >= 15 is 0 Å². The third kappa shape index (κ3) is 6.44. The molecule has 0 spiro atoms. The van der Waals surface area contributed by atoms with E-state index < -0.39 is 31.0 Å². The summed E-state index contributed by atoms with van der Waals surface area (Å²) < 4.78 is 45.4. The van der Waals surface area contributed by atoms with Gasteiger partial charge >= 0.3 is 12.1 Å². The topological polar surface area (TPSA) is 67.8 Å². The quantitative estimate of drug-likeness (QED) is 0.650. The fourth-order valence-corrected chi connectivity index (χ4v) is 0.993. The first-order chi connectivity index (χ1) is 7.82. The van der Waals surface area contributed by atoms with Crippen LogP contribution in [0.25, 0.3) is 0 Å². The number of alkyl halides is 3. The Kier molecular flexibility index (Phi) is 7.09. The Morgan fingerprint density at radius 2 is 1.76 bits per heavy atom. The second kappa shape index (κ2) is 7.46. The molecule has 1 atom stereocenters. The lowest BCUT2D eigenvalue weighted by Crippen LogP contribution is -2.45. The van der Waals surface area contributed by atoms with Crippen molar-refractivity contribution in [3.8, 4) is 0 Å². The van der Waals surface area contributed by atoms with Crippen molar-refractivity contribution < 1.29 is 32.5 Å². The number of carbonyl (C=O) groups excluding carboxylic acids is 1. The molecular weight excluding hydrogens is 243 g/mol. The number of ether oxygens (including phenoxy) is 2. The fraction of sp³-hybridized carbons (Fsp3) is 0.889. The van der Waals surface area contributed by atoms with E-state index in [0.29, 0.717) is 0 Å². The summed E-state index contributed by atoms with van der Waals surface area (Å²) in [5, 5.41) is 11.0.